The van der Waals surface area contributed by atoms with Gasteiger partial charge in [0.1, 0.15) is 11.5 Å². The average Bonchev–Trinajstić information content (AvgIpc) is 3.38. The summed E-state index contributed by atoms with van der Waals surface area (Å²) in [6.45, 7) is 13.2. The zero-order valence-electron chi connectivity index (χ0n) is 23.7. The summed E-state index contributed by atoms with van der Waals surface area (Å²) >= 11 is 1.64. The first-order chi connectivity index (χ1) is 17.4. The van der Waals surface area contributed by atoms with Gasteiger partial charge in [-0.1, -0.05) is 52.5 Å². The van der Waals surface area contributed by atoms with Gasteiger partial charge in [0.25, 0.3) is 0 Å². The summed E-state index contributed by atoms with van der Waals surface area (Å²) in [6.07, 6.45) is 11.6. The van der Waals surface area contributed by atoms with Crippen molar-refractivity contribution < 1.29 is 14.0 Å². The monoisotopic (exact) mass is 540 g/mol. The van der Waals surface area contributed by atoms with Crippen molar-refractivity contribution in [3.63, 3.8) is 0 Å². The molecule has 2 atom stereocenters. The number of aromatic nitrogens is 2. The zero-order chi connectivity index (χ0) is 27.2. The van der Waals surface area contributed by atoms with Crippen LogP contribution in [0.15, 0.2) is 41.6 Å². The van der Waals surface area contributed by atoms with Crippen molar-refractivity contribution in [1.29, 1.82) is 0 Å². The number of hydrogen-bond donors (Lipinski definition) is 0. The van der Waals surface area contributed by atoms with Gasteiger partial charge < -0.3 is 4.43 Å². The highest BCUT2D eigenvalue weighted by molar-refractivity contribution is 7.98. The van der Waals surface area contributed by atoms with Crippen LogP contribution in [0.4, 0.5) is 0 Å². The first-order valence-electron chi connectivity index (χ1n) is 13.6. The molecular weight excluding hydrogens is 496 g/mol. The molecular formula is C30H44N2O3SSi. The maximum atomic E-state index is 13.3. The van der Waals surface area contributed by atoms with Crippen molar-refractivity contribution in [2.24, 2.45) is 5.92 Å². The van der Waals surface area contributed by atoms with E-state index in [1.54, 1.807) is 24.0 Å². The molecule has 0 spiro atoms. The number of ketones is 2. The molecule has 5 nitrogen and oxygen atoms in total. The lowest BCUT2D eigenvalue weighted by Gasteiger charge is -2.38. The number of carbonyl (C=O) groups is 2. The summed E-state index contributed by atoms with van der Waals surface area (Å²) in [4.78, 5) is 36.4. The van der Waals surface area contributed by atoms with E-state index in [-0.39, 0.29) is 41.5 Å². The Bertz CT molecular complexity index is 1040. The Labute approximate surface area is 228 Å². The van der Waals surface area contributed by atoms with Crippen LogP contribution in [0.5, 0.6) is 0 Å². The Hall–Kier alpha value is -1.83. The maximum absolute atomic E-state index is 13.3. The molecule has 2 unspecified atom stereocenters. The average molecular weight is 541 g/mol. The van der Waals surface area contributed by atoms with E-state index in [1.807, 2.05) is 37.6 Å². The normalized spacial score (nSPS) is 16.5. The predicted octanol–water partition coefficient (Wildman–Crippen LogP) is 8.18. The summed E-state index contributed by atoms with van der Waals surface area (Å²) in [5, 5.41) is 0.124. The van der Waals surface area contributed by atoms with Crippen LogP contribution in [-0.4, -0.2) is 36.1 Å². The standard InChI is InChI=1S/C30H44N2O3SSi/c1-21(35-37(6,7)30(2,3)4)23-12-14-27(31-19-23)29(34)17-16-28(33)25(18-22-10-8-9-11-22)26-15-13-24(36-5)20-32-26/h12-15,19-22,25H,8-11,16-18H2,1-7H3. The van der Waals surface area contributed by atoms with Crippen molar-refractivity contribution in [1.82, 2.24) is 9.97 Å². The Morgan fingerprint density at radius 1 is 1.05 bits per heavy atom. The van der Waals surface area contributed by atoms with E-state index in [0.29, 0.717) is 11.6 Å². The molecule has 0 aromatic carbocycles. The van der Waals surface area contributed by atoms with Gasteiger partial charge in [-0.2, -0.15) is 0 Å². The summed E-state index contributed by atoms with van der Waals surface area (Å²) in [7, 11) is -1.91. The molecule has 2 heterocycles. The van der Waals surface area contributed by atoms with Crippen LogP contribution in [0.25, 0.3) is 0 Å². The largest absolute Gasteiger partial charge is 0.410 e. The van der Waals surface area contributed by atoms with Crippen molar-refractivity contribution in [3.05, 3.63) is 53.6 Å². The lowest BCUT2D eigenvalue weighted by atomic mass is 9.85. The molecule has 1 aliphatic rings. The van der Waals surface area contributed by atoms with Crippen molar-refractivity contribution in [3.8, 4) is 0 Å². The van der Waals surface area contributed by atoms with Crippen LogP contribution < -0.4 is 0 Å². The maximum Gasteiger partial charge on any atom is 0.192 e. The Morgan fingerprint density at radius 2 is 1.76 bits per heavy atom. The first kappa shape index (κ1) is 29.7. The molecule has 202 valence electrons. The number of thioether (sulfide) groups is 1. The second-order valence-electron chi connectivity index (χ2n) is 11.9. The lowest BCUT2D eigenvalue weighted by Crippen LogP contribution is -2.41. The number of hydrogen-bond acceptors (Lipinski definition) is 6. The van der Waals surface area contributed by atoms with Crippen LogP contribution in [0.1, 0.15) is 106 Å². The van der Waals surface area contributed by atoms with Crippen LogP contribution in [0.3, 0.4) is 0 Å². The Kier molecular flexibility index (Phi) is 10.3. The van der Waals surface area contributed by atoms with Gasteiger partial charge >= 0.3 is 0 Å². The molecule has 0 radical (unpaired) electrons. The smallest absolute Gasteiger partial charge is 0.192 e. The molecule has 2 aromatic rings. The summed E-state index contributed by atoms with van der Waals surface area (Å²) in [5.41, 5.74) is 2.21. The van der Waals surface area contributed by atoms with Crippen LogP contribution in [0, 0.1) is 5.92 Å². The molecule has 1 aliphatic carbocycles. The molecule has 1 fully saturated rings. The zero-order valence-corrected chi connectivity index (χ0v) is 25.5. The van der Waals surface area contributed by atoms with Crippen LogP contribution >= 0.6 is 11.8 Å². The molecule has 7 heteroatoms. The molecule has 0 saturated heterocycles. The second kappa shape index (κ2) is 12.8. The van der Waals surface area contributed by atoms with E-state index in [2.05, 4.69) is 43.8 Å². The third-order valence-electron chi connectivity index (χ3n) is 8.20. The second-order valence-corrected chi connectivity index (χ2v) is 17.6. The van der Waals surface area contributed by atoms with E-state index in [1.165, 1.54) is 25.7 Å². The van der Waals surface area contributed by atoms with Crippen molar-refractivity contribution in [2.75, 3.05) is 6.26 Å². The SMILES string of the molecule is CSc1ccc(C(CC2CCCC2)C(=O)CCC(=O)c2ccc(C(C)O[Si](C)(C)C(C)(C)C)cn2)nc1. The lowest BCUT2D eigenvalue weighted by molar-refractivity contribution is -0.121. The number of rotatable bonds is 12. The third kappa shape index (κ3) is 8.07. The molecule has 3 rings (SSSR count). The number of pyridine rings is 2. The highest BCUT2D eigenvalue weighted by Crippen LogP contribution is 2.39. The number of Topliss-reactive ketones (excluding diaryl/α,β-unsaturated/α-hetero) is 2. The Morgan fingerprint density at radius 3 is 2.30 bits per heavy atom. The highest BCUT2D eigenvalue weighted by Gasteiger charge is 2.38. The first-order valence-corrected chi connectivity index (χ1v) is 17.7. The van der Waals surface area contributed by atoms with Crippen molar-refractivity contribution >= 4 is 31.6 Å². The van der Waals surface area contributed by atoms with Crippen LogP contribution in [-0.2, 0) is 9.22 Å². The van der Waals surface area contributed by atoms with Gasteiger partial charge in [0, 0.05) is 30.1 Å². The molecule has 0 amide bonds. The topological polar surface area (TPSA) is 69.2 Å². The number of nitrogens with zero attached hydrogens (tertiary/aromatic N) is 2. The molecule has 0 aliphatic heterocycles. The molecule has 1 saturated carbocycles. The van der Waals surface area contributed by atoms with Gasteiger partial charge in [-0.3, -0.25) is 19.6 Å². The fourth-order valence-electron chi connectivity index (χ4n) is 4.75. The summed E-state index contributed by atoms with van der Waals surface area (Å²) < 4.78 is 6.47. The fourth-order valence-corrected chi connectivity index (χ4v) is 6.49. The molecule has 37 heavy (non-hydrogen) atoms. The van der Waals surface area contributed by atoms with Gasteiger partial charge in [0.15, 0.2) is 14.1 Å². The number of carbonyl (C=O) groups excluding carboxylic acids is 2. The minimum Gasteiger partial charge on any atom is -0.410 e. The molecule has 0 N–H and O–H groups in total. The van der Waals surface area contributed by atoms with Crippen LogP contribution in [0.2, 0.25) is 18.1 Å². The van der Waals surface area contributed by atoms with Gasteiger partial charge in [-0.15, -0.1) is 11.8 Å². The Balaban J connectivity index is 1.62. The third-order valence-corrected chi connectivity index (χ3v) is 13.5. The van der Waals surface area contributed by atoms with E-state index < -0.39 is 8.32 Å². The molecule has 0 bridgehead atoms. The van der Waals surface area contributed by atoms with E-state index in [0.717, 1.165) is 22.6 Å². The van der Waals surface area contributed by atoms with Gasteiger partial charge in [0.05, 0.1) is 17.7 Å². The summed E-state index contributed by atoms with van der Waals surface area (Å²) in [6, 6.07) is 7.72. The fraction of sp³-hybridized carbons (Fsp3) is 0.600. The minimum absolute atomic E-state index is 0.0829. The van der Waals surface area contributed by atoms with Gasteiger partial charge in [-0.05, 0) is 67.4 Å². The van der Waals surface area contributed by atoms with E-state index in [4.69, 9.17) is 4.43 Å². The van der Waals surface area contributed by atoms with E-state index >= 15 is 0 Å². The van der Waals surface area contributed by atoms with Gasteiger partial charge in [0.2, 0.25) is 0 Å². The van der Waals surface area contributed by atoms with Crippen molar-refractivity contribution in [2.45, 2.75) is 108 Å². The molecule has 2 aromatic heterocycles. The minimum atomic E-state index is -1.91. The summed E-state index contributed by atoms with van der Waals surface area (Å²) in [5.74, 6) is 0.340. The van der Waals surface area contributed by atoms with Gasteiger partial charge in [-0.25, -0.2) is 0 Å². The highest BCUT2D eigenvalue weighted by atomic mass is 32.2. The predicted molar refractivity (Wildman–Crippen MR) is 155 cm³/mol. The van der Waals surface area contributed by atoms with E-state index in [9.17, 15) is 9.59 Å². The quantitative estimate of drug-likeness (QED) is 0.154.